The number of aliphatic hydroxyl groups excluding tert-OH is 1. The normalized spacial score (nSPS) is 12.8. The molecule has 0 aliphatic heterocycles. The second-order valence-corrected chi connectivity index (χ2v) is 8.28. The summed E-state index contributed by atoms with van der Waals surface area (Å²) in [6.07, 6.45) is -0.0324. The summed E-state index contributed by atoms with van der Waals surface area (Å²) in [5.74, 6) is -1.84. The summed E-state index contributed by atoms with van der Waals surface area (Å²) in [7, 11) is 0. The Morgan fingerprint density at radius 3 is 2.44 bits per heavy atom. The molecule has 8 N–H and O–H groups in total. The third-order valence-corrected chi connectivity index (χ3v) is 5.47. The summed E-state index contributed by atoms with van der Waals surface area (Å²) in [5, 5.41) is 28.1. The van der Waals surface area contributed by atoms with Crippen molar-refractivity contribution in [3.05, 3.63) is 47.2 Å². The number of hydrogen-bond acceptors (Lipinski definition) is 10. The first-order valence-electron chi connectivity index (χ1n) is 11.1. The zero-order valence-corrected chi connectivity index (χ0v) is 20.5. The Bertz CT molecular complexity index is 1260. The predicted molar refractivity (Wildman–Crippen MR) is 135 cm³/mol. The van der Waals surface area contributed by atoms with Gasteiger partial charge in [0.1, 0.15) is 12.2 Å². The molecule has 2 unspecified atom stereocenters. The van der Waals surface area contributed by atoms with E-state index in [1.165, 1.54) is 5.06 Å². The molecule has 0 spiro atoms. The van der Waals surface area contributed by atoms with Crippen LogP contribution >= 0.6 is 11.6 Å². The maximum atomic E-state index is 12.8. The molecule has 2 amide bonds. The summed E-state index contributed by atoms with van der Waals surface area (Å²) in [6.45, 7) is 3.27. The molecule has 0 saturated heterocycles. The van der Waals surface area contributed by atoms with Gasteiger partial charge in [-0.25, -0.2) is 9.97 Å². The Balaban J connectivity index is 1.71. The Morgan fingerprint density at radius 2 is 1.81 bits per heavy atom. The smallest absolute Gasteiger partial charge is 0.274 e. The van der Waals surface area contributed by atoms with E-state index in [4.69, 9.17) is 27.9 Å². The van der Waals surface area contributed by atoms with Gasteiger partial charge < -0.3 is 37.2 Å². The van der Waals surface area contributed by atoms with Gasteiger partial charge in [-0.3, -0.25) is 9.59 Å². The van der Waals surface area contributed by atoms with Gasteiger partial charge in [-0.15, -0.1) is 5.06 Å². The van der Waals surface area contributed by atoms with Crippen molar-refractivity contribution in [3.8, 4) is 11.5 Å². The highest BCUT2D eigenvalue weighted by Crippen LogP contribution is 2.32. The van der Waals surface area contributed by atoms with Gasteiger partial charge in [0.2, 0.25) is 5.91 Å². The zero-order valence-electron chi connectivity index (χ0n) is 19.7. The van der Waals surface area contributed by atoms with Gasteiger partial charge in [0.25, 0.3) is 5.91 Å². The van der Waals surface area contributed by atoms with Crippen LogP contribution in [-0.2, 0) is 4.79 Å². The second-order valence-electron chi connectivity index (χ2n) is 7.93. The van der Waals surface area contributed by atoms with E-state index in [-0.39, 0.29) is 34.0 Å². The molecule has 3 aromatic rings. The number of nitrogens with two attached hydrogens (primary N) is 2. The summed E-state index contributed by atoms with van der Waals surface area (Å²) in [4.78, 5) is 38.8. The Hall–Kier alpha value is -3.87. The number of nitrogens with one attached hydrogen (secondary N) is 2. The number of carbonyl (C=O) groups is 2. The van der Waals surface area contributed by atoms with Crippen LogP contribution in [0.3, 0.4) is 0 Å². The highest BCUT2D eigenvalue weighted by atomic mass is 35.5. The lowest BCUT2D eigenvalue weighted by molar-refractivity contribution is -0.135. The molecule has 12 nitrogen and oxygen atoms in total. The van der Waals surface area contributed by atoms with Crippen LogP contribution in [-0.4, -0.2) is 62.4 Å². The molecule has 36 heavy (non-hydrogen) atoms. The quantitative estimate of drug-likeness (QED) is 0.169. The maximum absolute atomic E-state index is 12.8. The number of hydroxylamine groups is 2. The van der Waals surface area contributed by atoms with Crippen molar-refractivity contribution in [2.24, 2.45) is 0 Å². The predicted octanol–water partition coefficient (Wildman–Crippen LogP) is 1.41. The average Bonchev–Trinajstić information content (AvgIpc) is 2.84. The number of aromatic hydroxyl groups is 1. The van der Waals surface area contributed by atoms with Crippen molar-refractivity contribution >= 4 is 45.8 Å². The molecule has 192 valence electrons. The number of carbonyl (C=O) groups excluding carboxylic acids is 2. The standard InChI is InChI=1S/C23H28ClN7O5/c1-3-8-31(36-17-10-14-7-5-4-6-13(14)9-16(17)33)12(2)27-22(34)15(11-32)28-23(35)18-20(25)30-21(26)19(24)29-18/h4-7,9-10,12,15,32-33H,3,8,11H2,1-2H3,(H,27,34)(H,28,35)(H4,25,26,30). The SMILES string of the molecule is CCCN(Oc1cc2ccccc2cc1O)C(C)NC(=O)C(CO)NC(=O)c1nc(Cl)c(N)nc1N. The summed E-state index contributed by atoms with van der Waals surface area (Å²) in [5.41, 5.74) is 10.9. The molecule has 2 aromatic carbocycles. The Morgan fingerprint density at radius 1 is 1.14 bits per heavy atom. The van der Waals surface area contributed by atoms with Gasteiger partial charge in [-0.1, -0.05) is 42.8 Å². The van der Waals surface area contributed by atoms with Crippen LogP contribution in [0.25, 0.3) is 10.8 Å². The van der Waals surface area contributed by atoms with Gasteiger partial charge in [0.05, 0.1) is 6.61 Å². The topological polar surface area (TPSA) is 189 Å². The minimum atomic E-state index is -1.34. The molecular formula is C23H28ClN7O5. The number of aliphatic hydroxyl groups is 1. The van der Waals surface area contributed by atoms with Crippen molar-refractivity contribution in [3.63, 3.8) is 0 Å². The lowest BCUT2D eigenvalue weighted by Gasteiger charge is -2.30. The number of nitrogens with zero attached hydrogens (tertiary/aromatic N) is 3. The molecule has 0 bridgehead atoms. The number of amides is 2. The average molecular weight is 518 g/mol. The minimum Gasteiger partial charge on any atom is -0.504 e. The van der Waals surface area contributed by atoms with Crippen LogP contribution in [0.4, 0.5) is 11.6 Å². The van der Waals surface area contributed by atoms with Crippen LogP contribution in [0.5, 0.6) is 11.5 Å². The Labute approximate surface area is 212 Å². The fourth-order valence-electron chi connectivity index (χ4n) is 3.35. The minimum absolute atomic E-state index is 0.0605. The third-order valence-electron chi connectivity index (χ3n) is 5.19. The van der Waals surface area contributed by atoms with Gasteiger partial charge in [-0.2, -0.15) is 0 Å². The number of aromatic nitrogens is 2. The highest BCUT2D eigenvalue weighted by molar-refractivity contribution is 6.31. The Kier molecular flexibility index (Phi) is 8.69. The molecule has 0 saturated carbocycles. The molecule has 0 aliphatic rings. The number of anilines is 2. The van der Waals surface area contributed by atoms with Crippen molar-refractivity contribution in [2.45, 2.75) is 32.5 Å². The number of rotatable bonds is 10. The van der Waals surface area contributed by atoms with Crippen LogP contribution < -0.4 is 26.9 Å². The van der Waals surface area contributed by atoms with Crippen LogP contribution in [0.1, 0.15) is 30.8 Å². The van der Waals surface area contributed by atoms with Gasteiger partial charge in [0.15, 0.2) is 34.0 Å². The van der Waals surface area contributed by atoms with E-state index in [9.17, 15) is 19.8 Å². The number of hydrogen-bond donors (Lipinski definition) is 6. The first kappa shape index (κ1) is 26.7. The fourth-order valence-corrected chi connectivity index (χ4v) is 3.48. The number of halogens is 1. The van der Waals surface area contributed by atoms with Crippen LogP contribution in [0, 0.1) is 0 Å². The second kappa shape index (κ2) is 11.7. The van der Waals surface area contributed by atoms with E-state index in [0.29, 0.717) is 13.0 Å². The first-order valence-corrected chi connectivity index (χ1v) is 11.5. The molecule has 13 heteroatoms. The molecular weight excluding hydrogens is 490 g/mol. The molecule has 0 fully saturated rings. The zero-order chi connectivity index (χ0) is 26.4. The van der Waals surface area contributed by atoms with Crippen molar-refractivity contribution in [2.75, 3.05) is 24.6 Å². The van der Waals surface area contributed by atoms with E-state index >= 15 is 0 Å². The van der Waals surface area contributed by atoms with E-state index in [0.717, 1.165) is 10.8 Å². The molecule has 1 heterocycles. The molecule has 3 rings (SSSR count). The van der Waals surface area contributed by atoms with Crippen molar-refractivity contribution in [1.29, 1.82) is 0 Å². The lowest BCUT2D eigenvalue weighted by Crippen LogP contribution is -2.55. The number of phenolic OH excluding ortho intramolecular Hbond substituents is 1. The first-order chi connectivity index (χ1) is 17.1. The van der Waals surface area contributed by atoms with Crippen LogP contribution in [0.15, 0.2) is 36.4 Å². The summed E-state index contributed by atoms with van der Waals surface area (Å²) < 4.78 is 0. The van der Waals surface area contributed by atoms with E-state index in [1.54, 1.807) is 19.1 Å². The third kappa shape index (κ3) is 6.22. The fraction of sp³-hybridized carbons (Fsp3) is 0.304. The highest BCUT2D eigenvalue weighted by Gasteiger charge is 2.27. The number of nitrogen functional groups attached to an aromatic ring is 2. The van der Waals surface area contributed by atoms with E-state index < -0.39 is 30.6 Å². The van der Waals surface area contributed by atoms with E-state index in [2.05, 4.69) is 20.6 Å². The van der Waals surface area contributed by atoms with Gasteiger partial charge >= 0.3 is 0 Å². The van der Waals surface area contributed by atoms with Crippen molar-refractivity contribution < 1.29 is 24.6 Å². The maximum Gasteiger partial charge on any atom is 0.274 e. The van der Waals surface area contributed by atoms with Gasteiger partial charge in [-0.05, 0) is 36.2 Å². The number of benzene rings is 2. The van der Waals surface area contributed by atoms with Crippen molar-refractivity contribution in [1.82, 2.24) is 25.7 Å². The van der Waals surface area contributed by atoms with E-state index in [1.807, 2.05) is 31.2 Å². The van der Waals surface area contributed by atoms with Crippen LogP contribution in [0.2, 0.25) is 5.15 Å². The number of phenols is 1. The van der Waals surface area contributed by atoms with Gasteiger partial charge in [0, 0.05) is 6.54 Å². The summed E-state index contributed by atoms with van der Waals surface area (Å²) in [6, 6.07) is 9.44. The lowest BCUT2D eigenvalue weighted by atomic mass is 10.1. The number of fused-ring (bicyclic) bond motifs is 1. The monoisotopic (exact) mass is 517 g/mol. The molecule has 0 aliphatic carbocycles. The molecule has 1 aromatic heterocycles. The summed E-state index contributed by atoms with van der Waals surface area (Å²) >= 11 is 5.81. The largest absolute Gasteiger partial charge is 0.504 e. The molecule has 0 radical (unpaired) electrons. The molecule has 2 atom stereocenters.